The Morgan fingerprint density at radius 1 is 1.19 bits per heavy atom. The zero-order valence-electron chi connectivity index (χ0n) is 14.6. The van der Waals surface area contributed by atoms with Crippen molar-refractivity contribution in [3.8, 4) is 16.4 Å². The number of thiophene rings is 1. The predicted molar refractivity (Wildman–Crippen MR) is 100 cm³/mol. The molecule has 2 heterocycles. The second-order valence-electron chi connectivity index (χ2n) is 5.43. The summed E-state index contributed by atoms with van der Waals surface area (Å²) >= 11 is 1.53. The first-order valence-corrected chi connectivity index (χ1v) is 10.2. The lowest BCUT2D eigenvalue weighted by atomic mass is 10.2. The fourth-order valence-corrected chi connectivity index (χ4v) is 4.27. The third kappa shape index (κ3) is 4.21. The highest BCUT2D eigenvalue weighted by Crippen LogP contribution is 2.28. The molecule has 0 unspecified atom stereocenters. The van der Waals surface area contributed by atoms with E-state index in [-0.39, 0.29) is 22.8 Å². The molecule has 0 atom stereocenters. The number of hydrogen-bond acceptors (Lipinski definition) is 7. The number of methoxy groups -OCH3 is 2. The number of ether oxygens (including phenoxy) is 2. The van der Waals surface area contributed by atoms with Crippen LogP contribution < -0.4 is 9.46 Å². The second kappa shape index (κ2) is 7.95. The minimum atomic E-state index is -3.95. The van der Waals surface area contributed by atoms with Crippen LogP contribution in [0.5, 0.6) is 5.75 Å². The van der Waals surface area contributed by atoms with Crippen LogP contribution in [0.25, 0.3) is 10.6 Å². The summed E-state index contributed by atoms with van der Waals surface area (Å²) < 4.78 is 43.3. The lowest BCUT2D eigenvalue weighted by Gasteiger charge is -2.11. The molecular weight excluding hydrogens is 390 g/mol. The summed E-state index contributed by atoms with van der Waals surface area (Å²) in [5.74, 6) is 0.615. The highest BCUT2D eigenvalue weighted by molar-refractivity contribution is 7.89. The summed E-state index contributed by atoms with van der Waals surface area (Å²) in [6.45, 7) is -0.0423. The maximum absolute atomic E-state index is 12.7. The monoisotopic (exact) mass is 407 g/mol. The summed E-state index contributed by atoms with van der Waals surface area (Å²) in [5, 5.41) is 1.93. The Balaban J connectivity index is 1.81. The number of sulfonamides is 1. The van der Waals surface area contributed by atoms with E-state index < -0.39 is 16.0 Å². The van der Waals surface area contributed by atoms with E-state index in [0.29, 0.717) is 11.5 Å². The average Bonchev–Trinajstić information content (AvgIpc) is 3.36. The maximum atomic E-state index is 12.7. The van der Waals surface area contributed by atoms with Gasteiger partial charge in [-0.15, -0.1) is 11.3 Å². The van der Waals surface area contributed by atoms with Gasteiger partial charge in [-0.25, -0.2) is 17.9 Å². The predicted octanol–water partition coefficient (Wildman–Crippen LogP) is 3.28. The first-order chi connectivity index (χ1) is 12.9. The molecule has 0 saturated heterocycles. The van der Waals surface area contributed by atoms with Crippen LogP contribution in [0.1, 0.15) is 16.1 Å². The normalized spacial score (nSPS) is 11.3. The van der Waals surface area contributed by atoms with Gasteiger partial charge in [0.2, 0.25) is 10.0 Å². The van der Waals surface area contributed by atoms with E-state index in [4.69, 9.17) is 9.15 Å². The zero-order chi connectivity index (χ0) is 19.4. The number of carbonyl (C=O) groups excluding carboxylic acids is 1. The number of rotatable bonds is 7. The minimum Gasteiger partial charge on any atom is -0.495 e. The van der Waals surface area contributed by atoms with Crippen LogP contribution in [0, 0.1) is 0 Å². The Bertz CT molecular complexity index is 1040. The summed E-state index contributed by atoms with van der Waals surface area (Å²) in [4.78, 5) is 12.5. The molecule has 0 amide bonds. The van der Waals surface area contributed by atoms with Gasteiger partial charge in [-0.2, -0.15) is 0 Å². The van der Waals surface area contributed by atoms with Crippen LogP contribution in [-0.4, -0.2) is 28.6 Å². The molecular formula is C18H17NO6S2. The van der Waals surface area contributed by atoms with E-state index in [1.165, 1.54) is 43.8 Å². The lowest BCUT2D eigenvalue weighted by Crippen LogP contribution is -2.24. The zero-order valence-corrected chi connectivity index (χ0v) is 16.2. The van der Waals surface area contributed by atoms with Gasteiger partial charge < -0.3 is 13.9 Å². The van der Waals surface area contributed by atoms with Gasteiger partial charge >= 0.3 is 5.97 Å². The van der Waals surface area contributed by atoms with Crippen molar-refractivity contribution < 1.29 is 27.1 Å². The van der Waals surface area contributed by atoms with Crippen molar-refractivity contribution in [3.05, 3.63) is 59.2 Å². The number of furan rings is 1. The topological polar surface area (TPSA) is 94.8 Å². The van der Waals surface area contributed by atoms with Gasteiger partial charge in [0.1, 0.15) is 22.2 Å². The summed E-state index contributed by atoms with van der Waals surface area (Å²) in [7, 11) is -1.37. The van der Waals surface area contributed by atoms with E-state index in [2.05, 4.69) is 9.46 Å². The van der Waals surface area contributed by atoms with E-state index >= 15 is 0 Å². The highest BCUT2D eigenvalue weighted by Gasteiger charge is 2.22. The van der Waals surface area contributed by atoms with Crippen LogP contribution in [0.3, 0.4) is 0 Å². The lowest BCUT2D eigenvalue weighted by molar-refractivity contribution is 0.0600. The third-order valence-electron chi connectivity index (χ3n) is 3.74. The second-order valence-corrected chi connectivity index (χ2v) is 8.11. The SMILES string of the molecule is COC(=O)c1ccc(OC)c(S(=O)(=O)NCc2ccc(-c3cccs3)o2)c1. The van der Waals surface area contributed by atoms with Crippen molar-refractivity contribution >= 4 is 27.3 Å². The first-order valence-electron chi connectivity index (χ1n) is 7.83. The number of hydrogen-bond donors (Lipinski definition) is 1. The van der Waals surface area contributed by atoms with Gasteiger partial charge in [0.05, 0.1) is 31.2 Å². The molecule has 0 spiro atoms. The van der Waals surface area contributed by atoms with Crippen molar-refractivity contribution in [3.63, 3.8) is 0 Å². The Hall–Kier alpha value is -2.62. The minimum absolute atomic E-state index is 0.0423. The molecule has 0 aliphatic rings. The molecule has 0 aliphatic heterocycles. The van der Waals surface area contributed by atoms with E-state index in [0.717, 1.165) is 4.88 Å². The van der Waals surface area contributed by atoms with Crippen LogP contribution in [0.15, 0.2) is 57.2 Å². The van der Waals surface area contributed by atoms with Crippen molar-refractivity contribution in [1.82, 2.24) is 4.72 Å². The highest BCUT2D eigenvalue weighted by atomic mass is 32.2. The molecule has 27 heavy (non-hydrogen) atoms. The molecule has 1 aromatic carbocycles. The smallest absolute Gasteiger partial charge is 0.337 e. The quantitative estimate of drug-likeness (QED) is 0.604. The van der Waals surface area contributed by atoms with Gasteiger partial charge in [-0.1, -0.05) is 6.07 Å². The van der Waals surface area contributed by atoms with E-state index in [9.17, 15) is 13.2 Å². The molecule has 0 fully saturated rings. The molecule has 0 radical (unpaired) electrons. The van der Waals surface area contributed by atoms with Crippen molar-refractivity contribution in [1.29, 1.82) is 0 Å². The molecule has 142 valence electrons. The van der Waals surface area contributed by atoms with Gasteiger partial charge in [0.25, 0.3) is 0 Å². The van der Waals surface area contributed by atoms with Gasteiger partial charge in [0, 0.05) is 0 Å². The first kappa shape index (κ1) is 19.2. The summed E-state index contributed by atoms with van der Waals surface area (Å²) in [6, 6.07) is 11.4. The molecule has 2 aromatic heterocycles. The molecule has 9 heteroatoms. The Labute approximate surface area is 160 Å². The van der Waals surface area contributed by atoms with Crippen molar-refractivity contribution in [2.75, 3.05) is 14.2 Å². The Morgan fingerprint density at radius 3 is 2.67 bits per heavy atom. The Morgan fingerprint density at radius 2 is 2.00 bits per heavy atom. The molecule has 0 aliphatic carbocycles. The summed E-state index contributed by atoms with van der Waals surface area (Å²) in [6.07, 6.45) is 0. The van der Waals surface area contributed by atoms with Gasteiger partial charge in [0.15, 0.2) is 0 Å². The van der Waals surface area contributed by atoms with Gasteiger partial charge in [-0.3, -0.25) is 0 Å². The molecule has 3 rings (SSSR count). The fourth-order valence-electron chi connectivity index (χ4n) is 2.40. The van der Waals surface area contributed by atoms with Crippen LogP contribution in [0.4, 0.5) is 0 Å². The third-order valence-corrected chi connectivity index (χ3v) is 6.04. The van der Waals surface area contributed by atoms with Crippen molar-refractivity contribution in [2.24, 2.45) is 0 Å². The average molecular weight is 407 g/mol. The van der Waals surface area contributed by atoms with E-state index in [1.807, 2.05) is 17.5 Å². The molecule has 7 nitrogen and oxygen atoms in total. The van der Waals surface area contributed by atoms with E-state index in [1.54, 1.807) is 12.1 Å². The molecule has 3 aromatic rings. The number of esters is 1. The molecule has 0 saturated carbocycles. The van der Waals surface area contributed by atoms with Gasteiger partial charge in [-0.05, 0) is 41.8 Å². The Kier molecular flexibility index (Phi) is 5.64. The molecule has 0 bridgehead atoms. The standard InChI is InChI=1S/C18H17NO6S2/c1-23-15-7-5-12(18(20)24-2)10-17(15)27(21,22)19-11-13-6-8-14(25-13)16-4-3-9-26-16/h3-10,19H,11H2,1-2H3. The van der Waals surface area contributed by atoms with Crippen molar-refractivity contribution in [2.45, 2.75) is 11.4 Å². The van der Waals surface area contributed by atoms with Crippen LogP contribution >= 0.6 is 11.3 Å². The number of benzene rings is 1. The fraction of sp³-hybridized carbons (Fsp3) is 0.167. The largest absolute Gasteiger partial charge is 0.495 e. The maximum Gasteiger partial charge on any atom is 0.337 e. The molecule has 1 N–H and O–H groups in total. The van der Waals surface area contributed by atoms with Crippen LogP contribution in [-0.2, 0) is 21.3 Å². The number of nitrogens with one attached hydrogen (secondary N) is 1. The number of carbonyl (C=O) groups is 1. The van der Waals surface area contributed by atoms with Crippen LogP contribution in [0.2, 0.25) is 0 Å². The summed E-state index contributed by atoms with van der Waals surface area (Å²) in [5.41, 5.74) is 0.108.